The van der Waals surface area contributed by atoms with Gasteiger partial charge in [0.25, 0.3) is 5.91 Å². The minimum atomic E-state index is -0.146. The Kier molecular flexibility index (Phi) is 4.24. The Morgan fingerprint density at radius 1 is 1.08 bits per heavy atom. The van der Waals surface area contributed by atoms with Crippen molar-refractivity contribution in [1.29, 1.82) is 0 Å². The summed E-state index contributed by atoms with van der Waals surface area (Å²) in [5.74, 6) is 1.43. The van der Waals surface area contributed by atoms with E-state index in [1.54, 1.807) is 0 Å². The summed E-state index contributed by atoms with van der Waals surface area (Å²) in [5.41, 5.74) is 2.70. The maximum atomic E-state index is 12.1. The highest BCUT2D eigenvalue weighted by atomic mass is 16.5. The Bertz CT molecular complexity index is 950. The standard InChI is InChI=1S/C20H21N3O3/c1-12-10-25-16-6-7-18-17(9-16)20(23-22-18)14-4-3-5-15(8-14)26-11-19(24)21-13(12)2/h3-9,12-13H,10-11H2,1-2H3,(H,21,24)(H,22,23)/t12-,13+/m1/s1. The van der Waals surface area contributed by atoms with E-state index in [1.165, 1.54) is 0 Å². The van der Waals surface area contributed by atoms with Crippen molar-refractivity contribution in [2.45, 2.75) is 19.9 Å². The fourth-order valence-corrected chi connectivity index (χ4v) is 2.99. The molecule has 0 radical (unpaired) electrons. The lowest BCUT2D eigenvalue weighted by molar-refractivity contribution is -0.124. The molecule has 0 unspecified atom stereocenters. The van der Waals surface area contributed by atoms with Gasteiger partial charge in [-0.1, -0.05) is 19.1 Å². The molecular formula is C20H21N3O3. The van der Waals surface area contributed by atoms with E-state index >= 15 is 0 Å². The van der Waals surface area contributed by atoms with Gasteiger partial charge in [0, 0.05) is 22.9 Å². The molecule has 1 aliphatic rings. The molecule has 134 valence electrons. The summed E-state index contributed by atoms with van der Waals surface area (Å²) in [6.45, 7) is 4.51. The van der Waals surface area contributed by atoms with Crippen LogP contribution in [0.25, 0.3) is 22.2 Å². The van der Waals surface area contributed by atoms with Crippen molar-refractivity contribution in [3.8, 4) is 22.8 Å². The van der Waals surface area contributed by atoms with Crippen LogP contribution in [0.5, 0.6) is 11.5 Å². The van der Waals surface area contributed by atoms with E-state index in [9.17, 15) is 4.79 Å². The molecule has 1 aromatic heterocycles. The molecule has 4 bridgehead atoms. The zero-order chi connectivity index (χ0) is 18.1. The van der Waals surface area contributed by atoms with Crippen LogP contribution in [0.2, 0.25) is 0 Å². The number of aromatic amines is 1. The number of ether oxygens (including phenoxy) is 2. The molecular weight excluding hydrogens is 330 g/mol. The van der Waals surface area contributed by atoms with Crippen LogP contribution in [0.15, 0.2) is 42.5 Å². The van der Waals surface area contributed by atoms with Gasteiger partial charge in [0.2, 0.25) is 0 Å². The number of amides is 1. The molecule has 0 spiro atoms. The second-order valence-corrected chi connectivity index (χ2v) is 6.74. The molecule has 6 heteroatoms. The Balaban J connectivity index is 1.78. The molecule has 6 nitrogen and oxygen atoms in total. The predicted octanol–water partition coefficient (Wildman–Crippen LogP) is 3.14. The van der Waals surface area contributed by atoms with Crippen molar-refractivity contribution in [3.05, 3.63) is 42.5 Å². The molecule has 0 saturated carbocycles. The average Bonchev–Trinajstić information content (AvgIpc) is 3.07. The first-order chi connectivity index (χ1) is 12.6. The lowest BCUT2D eigenvalue weighted by Gasteiger charge is -2.21. The number of hydrogen-bond donors (Lipinski definition) is 2. The van der Waals surface area contributed by atoms with E-state index in [1.807, 2.05) is 49.4 Å². The highest BCUT2D eigenvalue weighted by Crippen LogP contribution is 2.31. The van der Waals surface area contributed by atoms with Gasteiger partial charge in [-0.25, -0.2) is 0 Å². The van der Waals surface area contributed by atoms with E-state index in [-0.39, 0.29) is 24.5 Å². The predicted molar refractivity (Wildman–Crippen MR) is 99.3 cm³/mol. The second kappa shape index (κ2) is 6.71. The van der Waals surface area contributed by atoms with Crippen molar-refractivity contribution in [2.75, 3.05) is 13.2 Å². The van der Waals surface area contributed by atoms with Crippen LogP contribution in [0, 0.1) is 5.92 Å². The van der Waals surface area contributed by atoms with Gasteiger partial charge in [-0.05, 0) is 37.3 Å². The van der Waals surface area contributed by atoms with E-state index in [4.69, 9.17) is 9.47 Å². The average molecular weight is 351 g/mol. The molecule has 2 aromatic carbocycles. The van der Waals surface area contributed by atoms with Crippen molar-refractivity contribution in [3.63, 3.8) is 0 Å². The van der Waals surface area contributed by atoms with E-state index in [0.717, 1.165) is 27.9 Å². The molecule has 1 amide bonds. The number of rotatable bonds is 0. The van der Waals surface area contributed by atoms with E-state index in [0.29, 0.717) is 12.4 Å². The van der Waals surface area contributed by atoms with Gasteiger partial charge in [-0.15, -0.1) is 0 Å². The number of carbonyl (C=O) groups is 1. The van der Waals surface area contributed by atoms with Crippen molar-refractivity contribution < 1.29 is 14.3 Å². The summed E-state index contributed by atoms with van der Waals surface area (Å²) in [7, 11) is 0. The number of hydrogen-bond acceptors (Lipinski definition) is 4. The number of nitrogens with zero attached hydrogens (tertiary/aromatic N) is 1. The van der Waals surface area contributed by atoms with Crippen LogP contribution in [0.3, 0.4) is 0 Å². The first-order valence-electron chi connectivity index (χ1n) is 8.73. The van der Waals surface area contributed by atoms with Crippen molar-refractivity contribution in [2.24, 2.45) is 5.92 Å². The van der Waals surface area contributed by atoms with Crippen LogP contribution < -0.4 is 14.8 Å². The Morgan fingerprint density at radius 2 is 1.92 bits per heavy atom. The van der Waals surface area contributed by atoms with Gasteiger partial charge < -0.3 is 14.8 Å². The van der Waals surface area contributed by atoms with E-state index < -0.39 is 0 Å². The number of carbonyl (C=O) groups excluding carboxylic acids is 1. The van der Waals surface area contributed by atoms with Crippen LogP contribution >= 0.6 is 0 Å². The van der Waals surface area contributed by atoms with Crippen molar-refractivity contribution >= 4 is 16.8 Å². The largest absolute Gasteiger partial charge is 0.493 e. The molecule has 2 atom stereocenters. The van der Waals surface area contributed by atoms with Crippen LogP contribution in [-0.4, -0.2) is 35.4 Å². The van der Waals surface area contributed by atoms with Gasteiger partial charge >= 0.3 is 0 Å². The smallest absolute Gasteiger partial charge is 0.258 e. The fraction of sp³-hybridized carbons (Fsp3) is 0.300. The Labute approximate surface area is 151 Å². The summed E-state index contributed by atoms with van der Waals surface area (Å²) in [4.78, 5) is 12.1. The van der Waals surface area contributed by atoms with Crippen molar-refractivity contribution in [1.82, 2.24) is 15.5 Å². The normalized spacial score (nSPS) is 20.6. The van der Waals surface area contributed by atoms with Gasteiger partial charge in [-0.3, -0.25) is 9.89 Å². The third-order valence-corrected chi connectivity index (χ3v) is 4.77. The summed E-state index contributed by atoms with van der Waals surface area (Å²) in [6.07, 6.45) is 0. The van der Waals surface area contributed by atoms with Crippen LogP contribution in [-0.2, 0) is 4.79 Å². The molecule has 4 rings (SSSR count). The Morgan fingerprint density at radius 3 is 2.81 bits per heavy atom. The lowest BCUT2D eigenvalue weighted by Crippen LogP contribution is -2.41. The zero-order valence-electron chi connectivity index (χ0n) is 14.8. The third kappa shape index (κ3) is 3.22. The summed E-state index contributed by atoms with van der Waals surface area (Å²) >= 11 is 0. The maximum absolute atomic E-state index is 12.1. The molecule has 0 saturated heterocycles. The summed E-state index contributed by atoms with van der Waals surface area (Å²) < 4.78 is 11.6. The Hall–Kier alpha value is -3.02. The highest BCUT2D eigenvalue weighted by Gasteiger charge is 2.17. The number of aromatic nitrogens is 2. The van der Waals surface area contributed by atoms with Gasteiger partial charge in [-0.2, -0.15) is 5.10 Å². The molecule has 26 heavy (non-hydrogen) atoms. The minimum Gasteiger partial charge on any atom is -0.493 e. The quantitative estimate of drug-likeness (QED) is 0.652. The molecule has 0 fully saturated rings. The molecule has 3 aromatic rings. The monoisotopic (exact) mass is 351 g/mol. The summed E-state index contributed by atoms with van der Waals surface area (Å²) in [6, 6.07) is 13.5. The fourth-order valence-electron chi connectivity index (χ4n) is 2.99. The maximum Gasteiger partial charge on any atom is 0.258 e. The number of H-pyrrole nitrogens is 1. The van der Waals surface area contributed by atoms with Crippen LogP contribution in [0.1, 0.15) is 13.8 Å². The summed E-state index contributed by atoms with van der Waals surface area (Å²) in [5, 5.41) is 11.5. The number of nitrogens with one attached hydrogen (secondary N) is 2. The highest BCUT2D eigenvalue weighted by molar-refractivity contribution is 5.94. The first-order valence-corrected chi connectivity index (χ1v) is 8.73. The van der Waals surface area contributed by atoms with E-state index in [2.05, 4.69) is 22.4 Å². The zero-order valence-corrected chi connectivity index (χ0v) is 14.8. The first kappa shape index (κ1) is 16.4. The third-order valence-electron chi connectivity index (χ3n) is 4.77. The number of benzene rings is 2. The molecule has 2 heterocycles. The molecule has 1 aliphatic heterocycles. The van der Waals surface area contributed by atoms with Gasteiger partial charge in [0.05, 0.1) is 12.1 Å². The second-order valence-electron chi connectivity index (χ2n) is 6.74. The molecule has 0 aliphatic carbocycles. The van der Waals surface area contributed by atoms with Gasteiger partial charge in [0.15, 0.2) is 6.61 Å². The minimum absolute atomic E-state index is 0.0178. The lowest BCUT2D eigenvalue weighted by atomic mass is 10.1. The van der Waals surface area contributed by atoms with Crippen LogP contribution in [0.4, 0.5) is 0 Å². The SMILES string of the molecule is C[C@@H]1COc2ccc3[nH]nc(c3c2)-c2cccc(c2)OCC(=O)N[C@H]1C. The molecule has 2 N–H and O–H groups in total. The number of fused-ring (bicyclic) bond motifs is 4. The topological polar surface area (TPSA) is 76.2 Å². The van der Waals surface area contributed by atoms with Gasteiger partial charge in [0.1, 0.15) is 17.2 Å².